The van der Waals surface area contributed by atoms with Gasteiger partial charge in [0.05, 0.1) is 29.6 Å². The molecule has 0 saturated heterocycles. The number of hydrogen-bond acceptors (Lipinski definition) is 4. The van der Waals surface area contributed by atoms with Crippen molar-refractivity contribution in [2.45, 2.75) is 39.4 Å². The maximum Gasteiger partial charge on any atom is 0.417 e. The predicted molar refractivity (Wildman–Crippen MR) is 120 cm³/mol. The second kappa shape index (κ2) is 10.5. The van der Waals surface area contributed by atoms with Crippen molar-refractivity contribution < 1.29 is 22.8 Å². The number of aromatic nitrogens is 3. The van der Waals surface area contributed by atoms with E-state index in [0.717, 1.165) is 17.8 Å². The van der Waals surface area contributed by atoms with Crippen LogP contribution in [0, 0.1) is 0 Å². The summed E-state index contributed by atoms with van der Waals surface area (Å²) in [5.74, 6) is -0.756. The summed E-state index contributed by atoms with van der Waals surface area (Å²) in [4.78, 5) is 31.0. The molecule has 0 spiro atoms. The van der Waals surface area contributed by atoms with Crippen molar-refractivity contribution in [3.05, 3.63) is 77.2 Å². The fourth-order valence-corrected chi connectivity index (χ4v) is 3.49. The van der Waals surface area contributed by atoms with Gasteiger partial charge in [0.1, 0.15) is 0 Å². The van der Waals surface area contributed by atoms with Crippen LogP contribution in [0.15, 0.2) is 54.9 Å². The third-order valence-corrected chi connectivity index (χ3v) is 5.24. The van der Waals surface area contributed by atoms with Crippen LogP contribution in [0.5, 0.6) is 0 Å². The highest BCUT2D eigenvalue weighted by atomic mass is 19.4. The van der Waals surface area contributed by atoms with E-state index in [-0.39, 0.29) is 29.8 Å². The smallest absolute Gasteiger partial charge is 0.343 e. The zero-order valence-electron chi connectivity index (χ0n) is 19.1. The fourth-order valence-electron chi connectivity index (χ4n) is 3.49. The number of carbonyl (C=O) groups is 2. The molecule has 3 rings (SSSR count). The maximum atomic E-state index is 12.9. The van der Waals surface area contributed by atoms with E-state index < -0.39 is 17.6 Å². The molecule has 2 heterocycles. The molecule has 1 N–H and O–H groups in total. The fraction of sp³-hybridized carbons (Fsp3) is 0.333. The summed E-state index contributed by atoms with van der Waals surface area (Å²) in [6.07, 6.45) is -2.44. The highest BCUT2D eigenvalue weighted by molar-refractivity contribution is 5.97. The van der Waals surface area contributed by atoms with Gasteiger partial charge in [-0.1, -0.05) is 44.2 Å². The van der Waals surface area contributed by atoms with Gasteiger partial charge in [-0.25, -0.2) is 9.67 Å². The molecule has 34 heavy (non-hydrogen) atoms. The zero-order chi connectivity index (χ0) is 24.9. The number of nitrogens with zero attached hydrogens (tertiary/aromatic N) is 4. The average molecular weight is 473 g/mol. The van der Waals surface area contributed by atoms with E-state index in [0.29, 0.717) is 18.8 Å². The number of pyridine rings is 1. The molecule has 0 fully saturated rings. The first-order valence-electron chi connectivity index (χ1n) is 10.8. The third kappa shape index (κ3) is 5.81. The number of hydrogen-bond donors (Lipinski definition) is 1. The van der Waals surface area contributed by atoms with Crippen molar-refractivity contribution in [3.63, 3.8) is 0 Å². The quantitative estimate of drug-likeness (QED) is 0.532. The van der Waals surface area contributed by atoms with Crippen LogP contribution in [0.3, 0.4) is 0 Å². The number of rotatable bonds is 8. The Morgan fingerprint density at radius 1 is 1.09 bits per heavy atom. The Hall–Kier alpha value is -3.69. The molecular formula is C24H26F3N5O2. The van der Waals surface area contributed by atoms with Crippen LogP contribution < -0.4 is 5.32 Å². The normalized spacial score (nSPS) is 11.5. The minimum atomic E-state index is -4.50. The Bertz CT molecular complexity index is 1130. The summed E-state index contributed by atoms with van der Waals surface area (Å²) >= 11 is 0. The maximum absolute atomic E-state index is 12.9. The summed E-state index contributed by atoms with van der Waals surface area (Å²) < 4.78 is 39.9. The molecule has 0 atom stereocenters. The van der Waals surface area contributed by atoms with Gasteiger partial charge >= 0.3 is 6.18 Å². The molecule has 2 aromatic heterocycles. The van der Waals surface area contributed by atoms with Gasteiger partial charge in [0.2, 0.25) is 5.91 Å². The molecule has 7 nitrogen and oxygen atoms in total. The molecule has 0 saturated carbocycles. The third-order valence-electron chi connectivity index (χ3n) is 5.24. The van der Waals surface area contributed by atoms with Crippen molar-refractivity contribution in [3.8, 4) is 5.82 Å². The number of nitrogens with one attached hydrogen (secondary N) is 1. The SMILES string of the molecule is CCN(Cc1ccccc1)C(=O)CNC(=O)c1cnn(-c2ccc(C(F)(F)F)cn2)c1C(C)C. The molecule has 10 heteroatoms. The Labute approximate surface area is 195 Å². The lowest BCUT2D eigenvalue weighted by Gasteiger charge is -2.21. The summed E-state index contributed by atoms with van der Waals surface area (Å²) in [5.41, 5.74) is 0.822. The minimum absolute atomic E-state index is 0.159. The van der Waals surface area contributed by atoms with Gasteiger partial charge in [-0.2, -0.15) is 18.3 Å². The van der Waals surface area contributed by atoms with E-state index >= 15 is 0 Å². The largest absolute Gasteiger partial charge is 0.417 e. The Kier molecular flexibility index (Phi) is 7.70. The summed E-state index contributed by atoms with van der Waals surface area (Å²) in [6, 6.07) is 11.7. The summed E-state index contributed by atoms with van der Waals surface area (Å²) in [5, 5.41) is 6.81. The average Bonchev–Trinajstić information content (AvgIpc) is 3.26. The standard InChI is InChI=1S/C24H26F3N5O2/c1-4-31(15-17-8-6-5-7-9-17)21(33)14-29-23(34)19-13-30-32(22(19)16(2)3)20-11-10-18(12-28-20)24(25,26)27/h5-13,16H,4,14-15H2,1-3H3,(H,29,34). The molecular weight excluding hydrogens is 447 g/mol. The van der Waals surface area contributed by atoms with Crippen molar-refractivity contribution in [2.75, 3.05) is 13.1 Å². The number of benzene rings is 1. The van der Waals surface area contributed by atoms with E-state index in [9.17, 15) is 22.8 Å². The first kappa shape index (κ1) is 24.9. The van der Waals surface area contributed by atoms with Crippen LogP contribution in [0.1, 0.15) is 53.9 Å². The van der Waals surface area contributed by atoms with Crippen LogP contribution in [0.2, 0.25) is 0 Å². The lowest BCUT2D eigenvalue weighted by Crippen LogP contribution is -2.40. The van der Waals surface area contributed by atoms with Crippen LogP contribution in [-0.2, 0) is 17.5 Å². The zero-order valence-corrected chi connectivity index (χ0v) is 19.1. The van der Waals surface area contributed by atoms with E-state index in [1.54, 1.807) is 4.90 Å². The van der Waals surface area contributed by atoms with Crippen LogP contribution in [-0.4, -0.2) is 44.6 Å². The van der Waals surface area contributed by atoms with E-state index in [1.807, 2.05) is 51.1 Å². The molecule has 0 aliphatic rings. The Balaban J connectivity index is 1.73. The highest BCUT2D eigenvalue weighted by Gasteiger charge is 2.31. The number of amides is 2. The first-order chi connectivity index (χ1) is 16.1. The summed E-state index contributed by atoms with van der Waals surface area (Å²) in [6.45, 7) is 6.25. The lowest BCUT2D eigenvalue weighted by molar-refractivity contribution is -0.137. The topological polar surface area (TPSA) is 80.1 Å². The monoisotopic (exact) mass is 473 g/mol. The lowest BCUT2D eigenvalue weighted by atomic mass is 10.1. The van der Waals surface area contributed by atoms with Gasteiger partial charge in [0.15, 0.2) is 5.82 Å². The van der Waals surface area contributed by atoms with Gasteiger partial charge < -0.3 is 10.2 Å². The van der Waals surface area contributed by atoms with Gasteiger partial charge in [-0.05, 0) is 30.5 Å². The van der Waals surface area contributed by atoms with Crippen molar-refractivity contribution in [1.82, 2.24) is 25.0 Å². The van der Waals surface area contributed by atoms with Gasteiger partial charge in [-0.15, -0.1) is 0 Å². The predicted octanol–water partition coefficient (Wildman–Crippen LogP) is 4.19. The van der Waals surface area contributed by atoms with Crippen molar-refractivity contribution >= 4 is 11.8 Å². The molecule has 180 valence electrons. The van der Waals surface area contributed by atoms with Crippen molar-refractivity contribution in [2.24, 2.45) is 0 Å². The van der Waals surface area contributed by atoms with Gasteiger partial charge in [-0.3, -0.25) is 9.59 Å². The summed E-state index contributed by atoms with van der Waals surface area (Å²) in [7, 11) is 0. The highest BCUT2D eigenvalue weighted by Crippen LogP contribution is 2.29. The molecule has 3 aromatic rings. The molecule has 0 bridgehead atoms. The number of likely N-dealkylation sites (N-methyl/N-ethyl adjacent to an activating group) is 1. The molecule has 0 radical (unpaired) electrons. The van der Waals surface area contributed by atoms with E-state index in [2.05, 4.69) is 15.4 Å². The number of alkyl halides is 3. The van der Waals surface area contributed by atoms with Gasteiger partial charge in [0, 0.05) is 19.3 Å². The van der Waals surface area contributed by atoms with E-state index in [1.165, 1.54) is 16.9 Å². The first-order valence-corrected chi connectivity index (χ1v) is 10.8. The molecule has 0 aliphatic heterocycles. The molecule has 1 aromatic carbocycles. The number of carbonyl (C=O) groups excluding carboxylic acids is 2. The van der Waals surface area contributed by atoms with Crippen LogP contribution in [0.4, 0.5) is 13.2 Å². The number of halogens is 3. The second-order valence-electron chi connectivity index (χ2n) is 7.99. The Morgan fingerprint density at radius 3 is 2.35 bits per heavy atom. The molecule has 2 amide bonds. The van der Waals surface area contributed by atoms with Crippen LogP contribution in [0.25, 0.3) is 5.82 Å². The van der Waals surface area contributed by atoms with E-state index in [4.69, 9.17) is 0 Å². The molecule has 0 aliphatic carbocycles. The van der Waals surface area contributed by atoms with Gasteiger partial charge in [0.25, 0.3) is 5.91 Å². The van der Waals surface area contributed by atoms with Crippen LogP contribution >= 0.6 is 0 Å². The molecule has 0 unspecified atom stereocenters. The minimum Gasteiger partial charge on any atom is -0.343 e. The second-order valence-corrected chi connectivity index (χ2v) is 7.99. The Morgan fingerprint density at radius 2 is 1.79 bits per heavy atom. The van der Waals surface area contributed by atoms with Crippen molar-refractivity contribution in [1.29, 1.82) is 0 Å².